The number of thioether (sulfide) groups is 1. The third-order valence-electron chi connectivity index (χ3n) is 7.20. The fourth-order valence-electron chi connectivity index (χ4n) is 4.73. The van der Waals surface area contributed by atoms with E-state index in [-0.39, 0.29) is 37.1 Å². The van der Waals surface area contributed by atoms with E-state index in [1.807, 2.05) is 31.2 Å². The lowest BCUT2D eigenvalue weighted by Crippen LogP contribution is -2.55. The number of benzene rings is 2. The van der Waals surface area contributed by atoms with Gasteiger partial charge in [-0.1, -0.05) is 24.3 Å². The first kappa shape index (κ1) is 33.6. The molecule has 0 unspecified atom stereocenters. The van der Waals surface area contributed by atoms with Crippen LogP contribution in [0.5, 0.6) is 11.5 Å². The van der Waals surface area contributed by atoms with Gasteiger partial charge >= 0.3 is 0 Å². The van der Waals surface area contributed by atoms with Crippen molar-refractivity contribution >= 4 is 23.6 Å². The van der Waals surface area contributed by atoms with Crippen molar-refractivity contribution in [2.45, 2.75) is 81.0 Å². The van der Waals surface area contributed by atoms with Crippen LogP contribution in [-0.2, 0) is 22.4 Å². The molecule has 0 aliphatic carbocycles. The molecule has 0 aromatic heterocycles. The average Bonchev–Trinajstić information content (AvgIpc) is 2.94. The topological polar surface area (TPSA) is 189 Å². The molecule has 3 rings (SSSR count). The van der Waals surface area contributed by atoms with E-state index in [0.717, 1.165) is 34.0 Å². The summed E-state index contributed by atoms with van der Waals surface area (Å²) < 4.78 is 6.05. The zero-order valence-electron chi connectivity index (χ0n) is 24.1. The van der Waals surface area contributed by atoms with Crippen LogP contribution in [0.1, 0.15) is 48.9 Å². The van der Waals surface area contributed by atoms with Gasteiger partial charge in [0.25, 0.3) is 0 Å². The molecule has 2 aromatic carbocycles. The number of aliphatic hydroxyl groups is 5. The zero-order valence-corrected chi connectivity index (χ0v) is 24.9. The second-order valence-electron chi connectivity index (χ2n) is 11.1. The van der Waals surface area contributed by atoms with E-state index < -0.39 is 41.1 Å². The van der Waals surface area contributed by atoms with Crippen molar-refractivity contribution in [2.24, 2.45) is 0 Å². The fourth-order valence-corrected chi connectivity index (χ4v) is 5.96. The molecule has 5 atom stereocenters. The van der Waals surface area contributed by atoms with Gasteiger partial charge in [0.15, 0.2) is 5.44 Å². The Morgan fingerprint density at radius 3 is 2.31 bits per heavy atom. The highest BCUT2D eigenvalue weighted by Gasteiger charge is 2.44. The molecule has 12 heteroatoms. The molecule has 1 fully saturated rings. The zero-order chi connectivity index (χ0) is 31.0. The van der Waals surface area contributed by atoms with Crippen LogP contribution in [-0.4, -0.2) is 96.7 Å². The summed E-state index contributed by atoms with van der Waals surface area (Å²) in [5.41, 5.74) is 1.49. The number of hydrogen-bond acceptors (Lipinski definition) is 10. The Kier molecular flexibility index (Phi) is 12.0. The standard InChI is InChI=1S/C30H42N2O9S/c1-17-13-20(35)15-22(41-28-27(39)26(38)25(37)23(16-34)42-28)21(17)14-19-9-7-18(8-10-19)5-4-6-24(36)32-30(2,3)29(40)31-11-12-33/h7-10,13,15,23,25-28,33-35,37-39H,4-6,11-12,14,16H2,1-3H3,(H,31,40)(H,32,36)/t23-,25-,26+,27-,28-/m1/s1. The highest BCUT2D eigenvalue weighted by molar-refractivity contribution is 8.00. The van der Waals surface area contributed by atoms with Crippen molar-refractivity contribution in [1.82, 2.24) is 10.6 Å². The lowest BCUT2D eigenvalue weighted by atomic mass is 9.97. The molecule has 0 radical (unpaired) electrons. The van der Waals surface area contributed by atoms with Gasteiger partial charge < -0.3 is 46.0 Å². The molecule has 232 valence electrons. The van der Waals surface area contributed by atoms with Crippen LogP contribution < -0.4 is 15.4 Å². The number of amides is 2. The Bertz CT molecular complexity index is 1210. The lowest BCUT2D eigenvalue weighted by Gasteiger charge is -2.39. The van der Waals surface area contributed by atoms with Crippen LogP contribution in [0.25, 0.3) is 0 Å². The number of carbonyl (C=O) groups excluding carboxylic acids is 2. The molecular weight excluding hydrogens is 564 g/mol. The quantitative estimate of drug-likeness (QED) is 0.160. The van der Waals surface area contributed by atoms with E-state index in [2.05, 4.69) is 10.6 Å². The van der Waals surface area contributed by atoms with Crippen molar-refractivity contribution < 1.29 is 45.0 Å². The highest BCUT2D eigenvalue weighted by Crippen LogP contribution is 2.37. The summed E-state index contributed by atoms with van der Waals surface area (Å²) in [6.45, 7) is 4.59. The van der Waals surface area contributed by atoms with Crippen molar-refractivity contribution in [2.75, 3.05) is 19.8 Å². The summed E-state index contributed by atoms with van der Waals surface area (Å²) in [7, 11) is 0. The third kappa shape index (κ3) is 8.82. The molecule has 2 aromatic rings. The van der Waals surface area contributed by atoms with Crippen LogP contribution in [0, 0.1) is 6.92 Å². The van der Waals surface area contributed by atoms with Gasteiger partial charge in [0, 0.05) is 31.0 Å². The van der Waals surface area contributed by atoms with E-state index in [1.54, 1.807) is 19.9 Å². The first-order chi connectivity index (χ1) is 19.9. The Morgan fingerprint density at radius 2 is 1.67 bits per heavy atom. The second kappa shape index (κ2) is 15.0. The van der Waals surface area contributed by atoms with Crippen LogP contribution >= 0.6 is 11.8 Å². The number of ether oxygens (including phenoxy) is 1. The Labute approximate surface area is 249 Å². The number of aryl methyl sites for hydroxylation is 2. The number of carbonyl (C=O) groups is 2. The van der Waals surface area contributed by atoms with Gasteiger partial charge in [-0.25, -0.2) is 0 Å². The minimum atomic E-state index is -1.49. The SMILES string of the molecule is Cc1cc(O)cc(O[C@@H]2S[C@H](CO)[C@@H](O)[C@H](O)[C@H]2O)c1Cc1ccc(CCCC(=O)NC(C)(C)C(=O)NCCO)cc1. The summed E-state index contributed by atoms with van der Waals surface area (Å²) >= 11 is 1.02. The normalized spacial score (nSPS) is 22.4. The van der Waals surface area contributed by atoms with Gasteiger partial charge in [-0.2, -0.15) is 0 Å². The van der Waals surface area contributed by atoms with E-state index in [0.29, 0.717) is 25.0 Å². The molecule has 11 nitrogen and oxygen atoms in total. The number of hydrogen-bond donors (Lipinski definition) is 8. The summed E-state index contributed by atoms with van der Waals surface area (Å²) in [6, 6.07) is 10.9. The van der Waals surface area contributed by atoms with E-state index in [1.165, 1.54) is 6.07 Å². The number of nitrogens with one attached hydrogen (secondary N) is 2. The monoisotopic (exact) mass is 606 g/mol. The Morgan fingerprint density at radius 1 is 1.00 bits per heavy atom. The fraction of sp³-hybridized carbons (Fsp3) is 0.533. The highest BCUT2D eigenvalue weighted by atomic mass is 32.2. The summed E-state index contributed by atoms with van der Waals surface area (Å²) in [6.07, 6.45) is -2.24. The molecule has 1 aliphatic rings. The minimum absolute atomic E-state index is 0.0191. The van der Waals surface area contributed by atoms with Gasteiger partial charge in [-0.15, -0.1) is 11.8 Å². The molecule has 1 heterocycles. The Balaban J connectivity index is 1.61. The molecule has 0 saturated carbocycles. The summed E-state index contributed by atoms with van der Waals surface area (Å²) in [5.74, 6) is -0.293. The first-order valence-corrected chi connectivity index (χ1v) is 14.9. The van der Waals surface area contributed by atoms with Crippen LogP contribution in [0.2, 0.25) is 0 Å². The second-order valence-corrected chi connectivity index (χ2v) is 12.4. The number of aromatic hydroxyl groups is 1. The molecule has 8 N–H and O–H groups in total. The molecular formula is C30H42N2O9S. The number of aliphatic hydroxyl groups excluding tert-OH is 5. The lowest BCUT2D eigenvalue weighted by molar-refractivity contribution is -0.132. The Hall–Kier alpha value is -2.87. The maximum atomic E-state index is 12.4. The van der Waals surface area contributed by atoms with Crippen LogP contribution in [0.3, 0.4) is 0 Å². The van der Waals surface area contributed by atoms with Gasteiger partial charge in [0.2, 0.25) is 11.8 Å². The number of rotatable bonds is 13. The largest absolute Gasteiger partial charge is 0.508 e. The van der Waals surface area contributed by atoms with Gasteiger partial charge in [-0.3, -0.25) is 9.59 Å². The van der Waals surface area contributed by atoms with E-state index in [4.69, 9.17) is 9.84 Å². The predicted octanol–water partition coefficient (Wildman–Crippen LogP) is 0.513. The predicted molar refractivity (Wildman–Crippen MR) is 158 cm³/mol. The van der Waals surface area contributed by atoms with E-state index >= 15 is 0 Å². The van der Waals surface area contributed by atoms with Crippen molar-refractivity contribution in [3.63, 3.8) is 0 Å². The van der Waals surface area contributed by atoms with Gasteiger partial charge in [0.05, 0.1) is 24.6 Å². The average molecular weight is 607 g/mol. The van der Waals surface area contributed by atoms with Crippen LogP contribution in [0.15, 0.2) is 36.4 Å². The van der Waals surface area contributed by atoms with Crippen molar-refractivity contribution in [1.29, 1.82) is 0 Å². The number of phenolic OH excluding ortho intramolecular Hbond substituents is 1. The molecule has 1 aliphatic heterocycles. The molecule has 0 spiro atoms. The van der Waals surface area contributed by atoms with E-state index in [9.17, 15) is 35.1 Å². The van der Waals surface area contributed by atoms with Crippen molar-refractivity contribution in [3.8, 4) is 11.5 Å². The maximum absolute atomic E-state index is 12.4. The molecule has 1 saturated heterocycles. The first-order valence-electron chi connectivity index (χ1n) is 13.9. The van der Waals surface area contributed by atoms with Gasteiger partial charge in [0.1, 0.15) is 29.2 Å². The number of phenols is 1. The van der Waals surface area contributed by atoms with Gasteiger partial charge in [-0.05, 0) is 56.4 Å². The van der Waals surface area contributed by atoms with Crippen LogP contribution in [0.4, 0.5) is 0 Å². The molecule has 42 heavy (non-hydrogen) atoms. The summed E-state index contributed by atoms with van der Waals surface area (Å²) in [5, 5.41) is 64.0. The summed E-state index contributed by atoms with van der Waals surface area (Å²) in [4.78, 5) is 24.5. The smallest absolute Gasteiger partial charge is 0.245 e. The third-order valence-corrected chi connectivity index (χ3v) is 8.62. The van der Waals surface area contributed by atoms with Crippen molar-refractivity contribution in [3.05, 3.63) is 58.7 Å². The maximum Gasteiger partial charge on any atom is 0.245 e. The minimum Gasteiger partial charge on any atom is -0.508 e. The molecule has 2 amide bonds. The molecule has 0 bridgehead atoms.